The van der Waals surface area contributed by atoms with Crippen LogP contribution in [-0.4, -0.2) is 18.2 Å². The number of rotatable bonds is 10. The summed E-state index contributed by atoms with van der Waals surface area (Å²) >= 11 is 0. The smallest absolute Gasteiger partial charge is 0.303 e. The van der Waals surface area contributed by atoms with Gasteiger partial charge in [0.15, 0.2) is 0 Å². The second-order valence-corrected chi connectivity index (χ2v) is 10.4. The van der Waals surface area contributed by atoms with E-state index in [9.17, 15) is 14.3 Å². The number of aryl methyl sites for hydroxylation is 1. The minimum atomic E-state index is -0.784. The average molecular weight is 493 g/mol. The highest BCUT2D eigenvalue weighted by Crippen LogP contribution is 2.37. The third-order valence-electron chi connectivity index (χ3n) is 6.48. The first-order valence-corrected chi connectivity index (χ1v) is 12.5. The molecule has 0 unspecified atom stereocenters. The minimum absolute atomic E-state index is 0.00879. The lowest BCUT2D eigenvalue weighted by Gasteiger charge is -2.24. The number of hydrogen-bond donors (Lipinski definition) is 1. The van der Waals surface area contributed by atoms with Crippen LogP contribution in [0, 0.1) is 12.7 Å². The fraction of sp³-hybridized carbons (Fsp3) is 0.387. The van der Waals surface area contributed by atoms with Gasteiger partial charge in [0.1, 0.15) is 23.9 Å². The second kappa shape index (κ2) is 11.6. The standard InChI is InChI=1S/C31H37FO4/c1-7-8-22(17-30(33)34)23-10-14-29(20(2)15-23)36-19-21-9-12-27(31(3,4)5)25(16-21)26-18-24(35-6)11-13-28(26)32/h9-16,18,22H,7-8,17,19H2,1-6H3,(H,33,34)/t22-/m1/s1. The van der Waals surface area contributed by atoms with Crippen molar-refractivity contribution in [2.45, 2.75) is 71.8 Å². The van der Waals surface area contributed by atoms with Crippen LogP contribution >= 0.6 is 0 Å². The molecule has 0 bridgehead atoms. The number of carboxylic acids is 1. The van der Waals surface area contributed by atoms with Crippen molar-refractivity contribution in [3.8, 4) is 22.6 Å². The van der Waals surface area contributed by atoms with Gasteiger partial charge >= 0.3 is 5.97 Å². The van der Waals surface area contributed by atoms with Crippen LogP contribution in [-0.2, 0) is 16.8 Å². The Hall–Kier alpha value is -3.34. The normalized spacial score (nSPS) is 12.3. The molecule has 1 N–H and O–H groups in total. The van der Waals surface area contributed by atoms with Gasteiger partial charge in [0.05, 0.1) is 13.5 Å². The van der Waals surface area contributed by atoms with Crippen LogP contribution in [0.25, 0.3) is 11.1 Å². The molecule has 0 heterocycles. The molecular weight excluding hydrogens is 455 g/mol. The molecule has 0 spiro atoms. The Kier molecular flexibility index (Phi) is 8.78. The Morgan fingerprint density at radius 1 is 1.03 bits per heavy atom. The van der Waals surface area contributed by atoms with E-state index in [2.05, 4.69) is 27.7 Å². The molecule has 0 aliphatic heterocycles. The number of halogens is 1. The van der Waals surface area contributed by atoms with Crippen LogP contribution in [0.15, 0.2) is 54.6 Å². The van der Waals surface area contributed by atoms with Crippen molar-refractivity contribution in [1.82, 2.24) is 0 Å². The fourth-order valence-electron chi connectivity index (χ4n) is 4.59. The highest BCUT2D eigenvalue weighted by Gasteiger charge is 2.22. The second-order valence-electron chi connectivity index (χ2n) is 10.4. The van der Waals surface area contributed by atoms with Gasteiger partial charge in [-0.3, -0.25) is 4.79 Å². The van der Waals surface area contributed by atoms with Crippen molar-refractivity contribution in [2.24, 2.45) is 0 Å². The van der Waals surface area contributed by atoms with Crippen molar-refractivity contribution >= 4 is 5.97 Å². The van der Waals surface area contributed by atoms with Gasteiger partial charge in [-0.15, -0.1) is 0 Å². The summed E-state index contributed by atoms with van der Waals surface area (Å²) in [5.41, 5.74) is 5.10. The maximum atomic E-state index is 14.9. The Morgan fingerprint density at radius 3 is 2.39 bits per heavy atom. The monoisotopic (exact) mass is 492 g/mol. The third-order valence-corrected chi connectivity index (χ3v) is 6.48. The van der Waals surface area contributed by atoms with Crippen molar-refractivity contribution in [2.75, 3.05) is 7.11 Å². The summed E-state index contributed by atoms with van der Waals surface area (Å²) in [4.78, 5) is 11.3. The molecule has 0 aromatic heterocycles. The number of methoxy groups -OCH3 is 1. The molecule has 1 atom stereocenters. The number of carbonyl (C=O) groups is 1. The lowest BCUT2D eigenvalue weighted by molar-refractivity contribution is -0.137. The zero-order chi connectivity index (χ0) is 26.5. The van der Waals surface area contributed by atoms with Gasteiger partial charge in [0, 0.05) is 5.56 Å². The zero-order valence-corrected chi connectivity index (χ0v) is 22.2. The first kappa shape index (κ1) is 27.3. The van der Waals surface area contributed by atoms with E-state index in [1.54, 1.807) is 19.2 Å². The first-order valence-electron chi connectivity index (χ1n) is 12.5. The molecule has 192 valence electrons. The molecule has 0 aliphatic rings. The Morgan fingerprint density at radius 2 is 1.78 bits per heavy atom. The van der Waals surface area contributed by atoms with E-state index in [4.69, 9.17) is 9.47 Å². The van der Waals surface area contributed by atoms with Gasteiger partial charge in [-0.25, -0.2) is 4.39 Å². The Balaban J connectivity index is 1.89. The molecule has 5 heteroatoms. The summed E-state index contributed by atoms with van der Waals surface area (Å²) in [6.45, 7) is 10.7. The topological polar surface area (TPSA) is 55.8 Å². The first-order chi connectivity index (χ1) is 17.0. The predicted molar refractivity (Wildman–Crippen MR) is 143 cm³/mol. The molecule has 36 heavy (non-hydrogen) atoms. The van der Waals surface area contributed by atoms with Gasteiger partial charge in [-0.1, -0.05) is 58.4 Å². The largest absolute Gasteiger partial charge is 0.497 e. The summed E-state index contributed by atoms with van der Waals surface area (Å²) in [6, 6.07) is 16.8. The van der Waals surface area contributed by atoms with E-state index in [-0.39, 0.29) is 23.6 Å². The van der Waals surface area contributed by atoms with Crippen LogP contribution in [0.3, 0.4) is 0 Å². The molecule has 0 amide bonds. The van der Waals surface area contributed by atoms with Crippen molar-refractivity contribution in [3.63, 3.8) is 0 Å². The lowest BCUT2D eigenvalue weighted by atomic mass is 9.81. The predicted octanol–water partition coefficient (Wildman–Crippen LogP) is 8.04. The molecule has 0 aliphatic carbocycles. The zero-order valence-electron chi connectivity index (χ0n) is 22.2. The van der Waals surface area contributed by atoms with Crippen LogP contribution in [0.1, 0.15) is 75.1 Å². The summed E-state index contributed by atoms with van der Waals surface area (Å²) in [5.74, 6) is 0.263. The molecular formula is C31H37FO4. The van der Waals surface area contributed by atoms with Crippen molar-refractivity contribution < 1.29 is 23.8 Å². The van der Waals surface area contributed by atoms with E-state index >= 15 is 0 Å². The van der Waals surface area contributed by atoms with Gasteiger partial charge in [0.25, 0.3) is 0 Å². The quantitative estimate of drug-likeness (QED) is 0.311. The molecule has 4 nitrogen and oxygen atoms in total. The molecule has 3 aromatic carbocycles. The van der Waals surface area contributed by atoms with Crippen LogP contribution in [0.2, 0.25) is 0 Å². The maximum absolute atomic E-state index is 14.9. The summed E-state index contributed by atoms with van der Waals surface area (Å²) in [7, 11) is 1.58. The van der Waals surface area contributed by atoms with E-state index in [1.807, 2.05) is 43.3 Å². The molecule has 3 rings (SSSR count). The van der Waals surface area contributed by atoms with Crippen molar-refractivity contribution in [1.29, 1.82) is 0 Å². The molecule has 0 saturated carbocycles. The van der Waals surface area contributed by atoms with E-state index in [0.717, 1.165) is 46.4 Å². The van der Waals surface area contributed by atoms with Crippen LogP contribution in [0.5, 0.6) is 11.5 Å². The molecule has 0 fully saturated rings. The number of hydrogen-bond acceptors (Lipinski definition) is 3. The van der Waals surface area contributed by atoms with Crippen molar-refractivity contribution in [3.05, 3.63) is 82.7 Å². The Labute approximate surface area is 214 Å². The van der Waals surface area contributed by atoms with Crippen LogP contribution < -0.4 is 9.47 Å². The number of carboxylic acid groups (broad SMARTS) is 1. The minimum Gasteiger partial charge on any atom is -0.497 e. The van der Waals surface area contributed by atoms with Gasteiger partial charge in [-0.05, 0) is 82.8 Å². The fourth-order valence-corrected chi connectivity index (χ4v) is 4.59. The molecule has 0 saturated heterocycles. The average Bonchev–Trinajstić information content (AvgIpc) is 2.82. The van der Waals surface area contributed by atoms with Gasteiger partial charge in [0.2, 0.25) is 0 Å². The third kappa shape index (κ3) is 6.66. The molecule has 3 aromatic rings. The number of aliphatic carboxylic acids is 1. The highest BCUT2D eigenvalue weighted by atomic mass is 19.1. The Bertz CT molecular complexity index is 1210. The van der Waals surface area contributed by atoms with E-state index < -0.39 is 5.97 Å². The summed E-state index contributed by atoms with van der Waals surface area (Å²) < 4.78 is 26.4. The summed E-state index contributed by atoms with van der Waals surface area (Å²) in [5, 5.41) is 9.27. The number of ether oxygens (including phenoxy) is 2. The lowest BCUT2D eigenvalue weighted by Crippen LogP contribution is -2.13. The van der Waals surface area contributed by atoms with Crippen LogP contribution in [0.4, 0.5) is 4.39 Å². The SMILES string of the molecule is CCC[C@H](CC(=O)O)c1ccc(OCc2ccc(C(C)(C)C)c(-c3cc(OC)ccc3F)c2)c(C)c1. The van der Waals surface area contributed by atoms with Gasteiger partial charge < -0.3 is 14.6 Å². The summed E-state index contributed by atoms with van der Waals surface area (Å²) in [6.07, 6.45) is 1.88. The highest BCUT2D eigenvalue weighted by molar-refractivity contribution is 5.71. The maximum Gasteiger partial charge on any atom is 0.303 e. The number of benzene rings is 3. The van der Waals surface area contributed by atoms with Gasteiger partial charge in [-0.2, -0.15) is 0 Å². The van der Waals surface area contributed by atoms with E-state index in [1.165, 1.54) is 6.07 Å². The van der Waals surface area contributed by atoms with E-state index in [0.29, 0.717) is 17.9 Å². The molecule has 0 radical (unpaired) electrons.